The van der Waals surface area contributed by atoms with Crippen molar-refractivity contribution in [2.75, 3.05) is 0 Å². The molecule has 1 fully saturated rings. The van der Waals surface area contributed by atoms with Gasteiger partial charge < -0.3 is 5.11 Å². The molecule has 0 aromatic heterocycles. The average molecular weight is 171 g/mol. The maximum atomic E-state index is 12.0. The van der Waals surface area contributed by atoms with Crippen molar-refractivity contribution < 1.29 is 13.9 Å². The lowest BCUT2D eigenvalue weighted by Gasteiger charge is -2.14. The van der Waals surface area contributed by atoms with E-state index >= 15 is 0 Å². The summed E-state index contributed by atoms with van der Waals surface area (Å²) in [6, 6.07) is 0. The van der Waals surface area contributed by atoms with E-state index in [0.29, 0.717) is 0 Å². The lowest BCUT2D eigenvalue weighted by atomic mass is 10.2. The minimum Gasteiger partial charge on any atom is -0.385 e. The topological polar surface area (TPSA) is 20.2 Å². The van der Waals surface area contributed by atoms with Crippen molar-refractivity contribution in [3.8, 4) is 0 Å². The highest BCUT2D eigenvalue weighted by Gasteiger charge is 2.39. The zero-order chi connectivity index (χ0) is 7.78. The summed E-state index contributed by atoms with van der Waals surface area (Å²) in [6.07, 6.45) is 0.367. The van der Waals surface area contributed by atoms with Crippen LogP contribution < -0.4 is 0 Å². The van der Waals surface area contributed by atoms with Crippen molar-refractivity contribution in [1.82, 2.24) is 0 Å². The summed E-state index contributed by atoms with van der Waals surface area (Å²) in [4.78, 5) is 0. The molecule has 0 heterocycles. The Morgan fingerprint density at radius 2 is 2.10 bits per heavy atom. The Hall–Kier alpha value is 0.110. The molecule has 1 aliphatic carbocycles. The number of halogens is 3. The predicted octanol–water partition coefficient (Wildman–Crippen LogP) is 1.98. The van der Waals surface area contributed by atoms with Crippen LogP contribution in [0.15, 0.2) is 0 Å². The number of aliphatic hydroxyl groups excluding tert-OH is 1. The van der Waals surface area contributed by atoms with Gasteiger partial charge in [-0.25, -0.2) is 0 Å². The van der Waals surface area contributed by atoms with Crippen LogP contribution in [0.4, 0.5) is 8.78 Å². The lowest BCUT2D eigenvalue weighted by molar-refractivity contribution is -0.0468. The molecule has 1 N–H and O–H groups in total. The highest BCUT2D eigenvalue weighted by atomic mass is 35.5. The van der Waals surface area contributed by atoms with E-state index in [1.165, 1.54) is 0 Å². The van der Waals surface area contributed by atoms with Crippen LogP contribution >= 0.6 is 11.6 Å². The maximum absolute atomic E-state index is 12.0. The Labute approximate surface area is 63.0 Å². The van der Waals surface area contributed by atoms with Gasteiger partial charge in [0.1, 0.15) is 6.10 Å². The molecule has 0 aromatic rings. The van der Waals surface area contributed by atoms with E-state index in [0.717, 1.165) is 12.8 Å². The van der Waals surface area contributed by atoms with Crippen LogP contribution in [0.25, 0.3) is 0 Å². The van der Waals surface area contributed by atoms with Crippen LogP contribution in [0.3, 0.4) is 0 Å². The van der Waals surface area contributed by atoms with Crippen molar-refractivity contribution in [3.63, 3.8) is 0 Å². The Morgan fingerprint density at radius 1 is 1.60 bits per heavy atom. The van der Waals surface area contributed by atoms with E-state index in [1.54, 1.807) is 0 Å². The fourth-order valence-corrected chi connectivity index (χ4v) is 0.892. The number of alkyl halides is 3. The first-order valence-corrected chi connectivity index (χ1v) is 3.62. The third kappa shape index (κ3) is 2.39. The molecule has 0 radical (unpaired) electrons. The second-order valence-electron chi connectivity index (χ2n) is 2.74. The van der Waals surface area contributed by atoms with Gasteiger partial charge in [-0.3, -0.25) is 0 Å². The van der Waals surface area contributed by atoms with Crippen LogP contribution in [0.5, 0.6) is 0 Å². The average Bonchev–Trinajstić information content (AvgIpc) is 2.47. The van der Waals surface area contributed by atoms with Gasteiger partial charge in [0, 0.05) is 0 Å². The largest absolute Gasteiger partial charge is 0.385 e. The van der Waals surface area contributed by atoms with Crippen LogP contribution in [-0.4, -0.2) is 16.6 Å². The third-order valence-corrected chi connectivity index (χ3v) is 1.88. The SMILES string of the molecule is OC(CC1CC1)C(F)(F)Cl. The normalized spacial score (nSPS) is 22.8. The van der Waals surface area contributed by atoms with E-state index in [-0.39, 0.29) is 12.3 Å². The molecule has 0 aromatic carbocycles. The van der Waals surface area contributed by atoms with Crippen LogP contribution in [-0.2, 0) is 0 Å². The molecule has 60 valence electrons. The number of hydrogen-bond donors (Lipinski definition) is 1. The van der Waals surface area contributed by atoms with Crippen LogP contribution in [0, 0.1) is 5.92 Å². The van der Waals surface area contributed by atoms with Gasteiger partial charge in [0.25, 0.3) is 0 Å². The van der Waals surface area contributed by atoms with E-state index < -0.39 is 11.5 Å². The van der Waals surface area contributed by atoms with E-state index in [1.807, 2.05) is 0 Å². The molecule has 10 heavy (non-hydrogen) atoms. The molecule has 1 unspecified atom stereocenters. The van der Waals surface area contributed by atoms with Crippen molar-refractivity contribution in [2.45, 2.75) is 30.7 Å². The summed E-state index contributed by atoms with van der Waals surface area (Å²) >= 11 is 4.57. The molecule has 1 saturated carbocycles. The fraction of sp³-hybridized carbons (Fsp3) is 1.00. The zero-order valence-corrected chi connectivity index (χ0v) is 6.11. The van der Waals surface area contributed by atoms with Gasteiger partial charge in [0.15, 0.2) is 0 Å². The summed E-state index contributed by atoms with van der Waals surface area (Å²) in [5, 5.41) is 5.27. The van der Waals surface area contributed by atoms with Gasteiger partial charge in [0.05, 0.1) is 0 Å². The van der Waals surface area contributed by atoms with Gasteiger partial charge in [-0.2, -0.15) is 8.78 Å². The van der Waals surface area contributed by atoms with Gasteiger partial charge in [-0.15, -0.1) is 0 Å². The van der Waals surface area contributed by atoms with Crippen LogP contribution in [0.1, 0.15) is 19.3 Å². The molecule has 0 bridgehead atoms. The molecule has 1 aliphatic rings. The minimum absolute atomic E-state index is 0.135. The summed E-state index contributed by atoms with van der Waals surface area (Å²) in [6.45, 7) is 0. The highest BCUT2D eigenvalue weighted by Crippen LogP contribution is 2.37. The van der Waals surface area contributed by atoms with Gasteiger partial charge in [-0.1, -0.05) is 12.8 Å². The maximum Gasteiger partial charge on any atom is 0.347 e. The standard InChI is InChI=1S/C6H9ClF2O/c7-6(8,9)5(10)3-4-1-2-4/h4-5,10H,1-3H2. The van der Waals surface area contributed by atoms with Crippen molar-refractivity contribution in [2.24, 2.45) is 5.92 Å². The molecule has 1 nitrogen and oxygen atoms in total. The Balaban J connectivity index is 2.25. The smallest absolute Gasteiger partial charge is 0.347 e. The highest BCUT2D eigenvalue weighted by molar-refractivity contribution is 6.22. The van der Waals surface area contributed by atoms with Crippen molar-refractivity contribution in [3.05, 3.63) is 0 Å². The summed E-state index contributed by atoms with van der Waals surface area (Å²) < 4.78 is 24.0. The molecule has 0 aliphatic heterocycles. The van der Waals surface area contributed by atoms with Gasteiger partial charge in [-0.05, 0) is 23.9 Å². The molecule has 0 amide bonds. The van der Waals surface area contributed by atoms with Crippen molar-refractivity contribution >= 4 is 11.6 Å². The second-order valence-corrected chi connectivity index (χ2v) is 3.24. The number of rotatable bonds is 3. The molecular formula is C6H9ClF2O. The molecule has 4 heteroatoms. The van der Waals surface area contributed by atoms with Crippen LogP contribution in [0.2, 0.25) is 0 Å². The third-order valence-electron chi connectivity index (χ3n) is 1.63. The molecule has 0 saturated heterocycles. The fourth-order valence-electron chi connectivity index (χ4n) is 0.803. The summed E-state index contributed by atoms with van der Waals surface area (Å²) in [7, 11) is 0. The Bertz CT molecular complexity index is 119. The Kier molecular flexibility index (Phi) is 2.15. The number of aliphatic hydroxyl groups is 1. The van der Waals surface area contributed by atoms with Gasteiger partial charge >= 0.3 is 5.38 Å². The summed E-state index contributed by atoms with van der Waals surface area (Å²) in [5.41, 5.74) is 0. The first-order valence-electron chi connectivity index (χ1n) is 3.25. The summed E-state index contributed by atoms with van der Waals surface area (Å²) in [5.74, 6) is 0.277. The first-order chi connectivity index (χ1) is 4.50. The first kappa shape index (κ1) is 8.21. The molecular weight excluding hydrogens is 162 g/mol. The number of hydrogen-bond acceptors (Lipinski definition) is 1. The minimum atomic E-state index is -3.44. The Morgan fingerprint density at radius 3 is 2.40 bits per heavy atom. The van der Waals surface area contributed by atoms with Crippen molar-refractivity contribution in [1.29, 1.82) is 0 Å². The predicted molar refractivity (Wildman–Crippen MR) is 34.1 cm³/mol. The zero-order valence-electron chi connectivity index (χ0n) is 5.36. The van der Waals surface area contributed by atoms with E-state index in [4.69, 9.17) is 5.11 Å². The monoisotopic (exact) mass is 170 g/mol. The molecule has 0 spiro atoms. The van der Waals surface area contributed by atoms with E-state index in [9.17, 15) is 8.78 Å². The van der Waals surface area contributed by atoms with E-state index in [2.05, 4.69) is 11.6 Å². The van der Waals surface area contributed by atoms with Gasteiger partial charge in [0.2, 0.25) is 0 Å². The lowest BCUT2D eigenvalue weighted by Crippen LogP contribution is -2.27. The molecule has 1 rings (SSSR count). The molecule has 1 atom stereocenters. The quantitative estimate of drug-likeness (QED) is 0.643. The second kappa shape index (κ2) is 2.62.